The molecule has 0 N–H and O–H groups in total. The molecule has 0 aromatic rings. The van der Waals surface area contributed by atoms with E-state index in [-0.39, 0.29) is 0 Å². The fraction of sp³-hybridized carbons (Fsp3) is 0.200. The van der Waals surface area contributed by atoms with Crippen molar-refractivity contribution in [3.8, 4) is 0 Å². The van der Waals surface area contributed by atoms with Crippen LogP contribution < -0.4 is 0 Å². The molecule has 25 heavy (non-hydrogen) atoms. The first-order valence-corrected chi connectivity index (χ1v) is 14.1. The molecule has 0 radical (unpaired) electrons. The lowest BCUT2D eigenvalue weighted by atomic mass is 10.5. The van der Waals surface area contributed by atoms with Crippen LogP contribution in [-0.4, -0.2) is 23.0 Å². The maximum atomic E-state index is 2.39. The second kappa shape index (κ2) is 8.63. The predicted octanol–water partition coefficient (Wildman–Crippen LogP) is 7.58. The minimum Gasteiger partial charge on any atom is -0.0832 e. The second-order valence-electron chi connectivity index (χ2n) is 5.65. The molecule has 4 rings (SSSR count). The van der Waals surface area contributed by atoms with Crippen LogP contribution in [0.3, 0.4) is 0 Å². The van der Waals surface area contributed by atoms with Gasteiger partial charge in [0.05, 0.1) is 0 Å². The Bertz CT molecular complexity index is 644. The summed E-state index contributed by atoms with van der Waals surface area (Å²) < 4.78 is 6.30. The van der Waals surface area contributed by atoms with Gasteiger partial charge in [-0.05, 0) is 24.3 Å². The normalized spacial score (nSPS) is 23.0. The van der Waals surface area contributed by atoms with E-state index in [0.717, 1.165) is 23.0 Å². The van der Waals surface area contributed by atoms with Gasteiger partial charge >= 0.3 is 0 Å². The first-order valence-electron chi connectivity index (χ1n) is 8.32. The summed E-state index contributed by atoms with van der Waals surface area (Å²) in [6, 6.07) is 0. The Morgan fingerprint density at radius 2 is 0.760 bits per heavy atom. The molecule has 4 aliphatic heterocycles. The summed E-state index contributed by atoms with van der Waals surface area (Å²) >= 11 is 8.16. The minimum absolute atomic E-state index is 1.09. The Kier molecular flexibility index (Phi) is 6.26. The van der Waals surface area contributed by atoms with Crippen molar-refractivity contribution in [1.29, 1.82) is 0 Å². The Morgan fingerprint density at radius 1 is 0.480 bits per heavy atom. The minimum atomic E-state index is -1.71. The molecule has 4 heterocycles. The van der Waals surface area contributed by atoms with Crippen molar-refractivity contribution in [2.45, 2.75) is 0 Å². The highest BCUT2D eigenvalue weighted by Gasteiger charge is 2.56. The molecule has 128 valence electrons. The molecule has 0 saturated heterocycles. The largest absolute Gasteiger partial charge is 0.171 e. The molecule has 0 aromatic heterocycles. The van der Waals surface area contributed by atoms with Crippen LogP contribution in [0.25, 0.3) is 0 Å². The SMILES string of the molecule is C1=CCSC([P+](C2=CC=CCS2)(C2=CC=CCS2)C2=CC=CCS2)=C1. The van der Waals surface area contributed by atoms with Crippen LogP contribution in [-0.2, 0) is 0 Å². The van der Waals surface area contributed by atoms with E-state index in [4.69, 9.17) is 0 Å². The maximum Gasteiger partial charge on any atom is 0.171 e. The average Bonchev–Trinajstić information content (AvgIpc) is 2.72. The summed E-state index contributed by atoms with van der Waals surface area (Å²) in [6.07, 6.45) is 27.7. The van der Waals surface area contributed by atoms with Crippen molar-refractivity contribution in [2.24, 2.45) is 0 Å². The molecule has 0 fully saturated rings. The van der Waals surface area contributed by atoms with Crippen molar-refractivity contribution in [3.05, 3.63) is 91.5 Å². The highest BCUT2D eigenvalue weighted by atomic mass is 32.2. The maximum absolute atomic E-state index is 2.39. The van der Waals surface area contributed by atoms with Gasteiger partial charge in [-0.25, -0.2) is 0 Å². The molecule has 0 aromatic carbocycles. The van der Waals surface area contributed by atoms with Gasteiger partial charge in [0, 0.05) is 23.0 Å². The van der Waals surface area contributed by atoms with Gasteiger partial charge < -0.3 is 0 Å². The number of rotatable bonds is 4. The molecule has 0 saturated carbocycles. The van der Waals surface area contributed by atoms with E-state index in [0.29, 0.717) is 0 Å². The Hall–Kier alpha value is -0.250. The summed E-state index contributed by atoms with van der Waals surface area (Å²) in [6.45, 7) is 0. The molecule has 0 spiro atoms. The van der Waals surface area contributed by atoms with Crippen LogP contribution in [0.4, 0.5) is 0 Å². The predicted molar refractivity (Wildman–Crippen MR) is 126 cm³/mol. The molecule has 0 bridgehead atoms. The van der Waals surface area contributed by atoms with Crippen LogP contribution >= 0.6 is 54.3 Å². The lowest BCUT2D eigenvalue weighted by molar-refractivity contribution is 1.68. The van der Waals surface area contributed by atoms with Crippen molar-refractivity contribution in [3.63, 3.8) is 0 Å². The fourth-order valence-electron chi connectivity index (χ4n) is 3.04. The highest BCUT2D eigenvalue weighted by Crippen LogP contribution is 2.90. The van der Waals surface area contributed by atoms with E-state index in [1.54, 1.807) is 18.6 Å². The zero-order chi connectivity index (χ0) is 17.0. The van der Waals surface area contributed by atoms with Gasteiger partial charge in [-0.1, -0.05) is 95.7 Å². The van der Waals surface area contributed by atoms with Gasteiger partial charge in [-0.2, -0.15) is 0 Å². The number of allylic oxidation sites excluding steroid dienone is 8. The van der Waals surface area contributed by atoms with E-state index in [1.807, 2.05) is 47.0 Å². The van der Waals surface area contributed by atoms with Crippen molar-refractivity contribution >= 4 is 54.3 Å². The Labute approximate surface area is 168 Å². The average molecular weight is 420 g/mol. The number of hydrogen-bond donors (Lipinski definition) is 0. The standard InChI is InChI=1S/C20H20PS4/c1-5-13-22-17(9-1)21(18-10-2-6-14-23-18,19-11-3-7-15-24-19)20-12-4-8-16-25-20/h1-12H,13-16H2/q+1. The topological polar surface area (TPSA) is 0 Å². The molecular formula is C20H20PS4+. The van der Waals surface area contributed by atoms with Gasteiger partial charge in [0.1, 0.15) is 18.6 Å². The zero-order valence-electron chi connectivity index (χ0n) is 13.8. The lowest BCUT2D eigenvalue weighted by Gasteiger charge is -2.34. The van der Waals surface area contributed by atoms with Crippen molar-refractivity contribution < 1.29 is 0 Å². The first-order chi connectivity index (χ1) is 12.4. The van der Waals surface area contributed by atoms with Crippen LogP contribution in [0, 0.1) is 0 Å². The van der Waals surface area contributed by atoms with E-state index in [1.165, 1.54) is 0 Å². The van der Waals surface area contributed by atoms with E-state index in [9.17, 15) is 0 Å². The summed E-state index contributed by atoms with van der Waals surface area (Å²) in [5, 5.41) is 0. The summed E-state index contributed by atoms with van der Waals surface area (Å²) in [5.74, 6) is 4.35. The fourth-order valence-corrected chi connectivity index (χ4v) is 16.4. The molecular weight excluding hydrogens is 399 g/mol. The van der Waals surface area contributed by atoms with Gasteiger partial charge in [0.15, 0.2) is 7.26 Å². The Morgan fingerprint density at radius 3 is 0.960 bits per heavy atom. The van der Waals surface area contributed by atoms with Crippen molar-refractivity contribution in [1.82, 2.24) is 0 Å². The molecule has 0 nitrogen and oxygen atoms in total. The third-order valence-corrected chi connectivity index (χ3v) is 15.4. The zero-order valence-corrected chi connectivity index (χ0v) is 18.0. The summed E-state index contributed by atoms with van der Waals surface area (Å²) in [4.78, 5) is 0. The quantitative estimate of drug-likeness (QED) is 0.430. The van der Waals surface area contributed by atoms with E-state index in [2.05, 4.69) is 72.9 Å². The molecule has 0 unspecified atom stereocenters. The number of thioether (sulfide) groups is 4. The van der Waals surface area contributed by atoms with Gasteiger partial charge in [-0.3, -0.25) is 0 Å². The monoisotopic (exact) mass is 419 g/mol. The van der Waals surface area contributed by atoms with Gasteiger partial charge in [0.2, 0.25) is 0 Å². The molecule has 0 atom stereocenters. The molecule has 0 aliphatic carbocycles. The number of hydrogen-bond acceptors (Lipinski definition) is 4. The molecule has 4 aliphatic rings. The second-order valence-corrected chi connectivity index (χ2v) is 14.4. The van der Waals surface area contributed by atoms with Crippen LogP contribution in [0.15, 0.2) is 91.5 Å². The van der Waals surface area contributed by atoms with Crippen LogP contribution in [0.5, 0.6) is 0 Å². The molecule has 0 amide bonds. The highest BCUT2D eigenvalue weighted by molar-refractivity contribution is 8.33. The smallest absolute Gasteiger partial charge is 0.0832 e. The van der Waals surface area contributed by atoms with E-state index >= 15 is 0 Å². The van der Waals surface area contributed by atoms with Crippen LogP contribution in [0.1, 0.15) is 0 Å². The lowest BCUT2D eigenvalue weighted by Crippen LogP contribution is -2.06. The summed E-state index contributed by atoms with van der Waals surface area (Å²) in [7, 11) is -1.71. The van der Waals surface area contributed by atoms with Gasteiger partial charge in [-0.15, -0.1) is 0 Å². The third kappa shape index (κ3) is 3.61. The molecule has 5 heteroatoms. The van der Waals surface area contributed by atoms with Gasteiger partial charge in [0.25, 0.3) is 0 Å². The van der Waals surface area contributed by atoms with Crippen LogP contribution in [0.2, 0.25) is 0 Å². The summed E-state index contributed by atoms with van der Waals surface area (Å²) in [5.41, 5.74) is 0. The first kappa shape index (κ1) is 18.1. The van der Waals surface area contributed by atoms with Crippen molar-refractivity contribution in [2.75, 3.05) is 23.0 Å². The Balaban J connectivity index is 1.96. The third-order valence-electron chi connectivity index (χ3n) is 4.13. The van der Waals surface area contributed by atoms with E-state index < -0.39 is 7.26 Å².